The first kappa shape index (κ1) is 28.5. The Hall–Kier alpha value is -2.71. The second-order valence-electron chi connectivity index (χ2n) is 9.85. The topological polar surface area (TPSA) is 86.8 Å². The highest BCUT2D eigenvalue weighted by molar-refractivity contribution is 7.89. The fraction of sp³-hybridized carbons (Fsp3) is 0.481. The van der Waals surface area contributed by atoms with Crippen LogP contribution >= 0.6 is 0 Å². The molecule has 0 bridgehead atoms. The first-order valence-corrected chi connectivity index (χ1v) is 13.5. The van der Waals surface area contributed by atoms with E-state index in [1.54, 1.807) is 35.2 Å². The van der Waals surface area contributed by atoms with Gasteiger partial charge >= 0.3 is 0 Å². The van der Waals surface area contributed by atoms with Crippen molar-refractivity contribution in [1.29, 1.82) is 0 Å². The van der Waals surface area contributed by atoms with Gasteiger partial charge in [-0.3, -0.25) is 9.59 Å². The highest BCUT2D eigenvalue weighted by Gasteiger charge is 2.31. The number of hydrogen-bond donors (Lipinski definition) is 1. The predicted octanol–water partition coefficient (Wildman–Crippen LogP) is 4.12. The number of hydrogen-bond acceptors (Lipinski definition) is 4. The van der Waals surface area contributed by atoms with Crippen molar-refractivity contribution in [1.82, 2.24) is 14.5 Å². The molecule has 0 radical (unpaired) electrons. The number of carbonyl (C=O) groups is 2. The molecule has 0 heterocycles. The molecule has 0 saturated carbocycles. The predicted molar refractivity (Wildman–Crippen MR) is 139 cm³/mol. The van der Waals surface area contributed by atoms with Crippen LogP contribution in [0.15, 0.2) is 59.5 Å². The molecule has 0 aliphatic rings. The maximum atomic E-state index is 13.4. The quantitative estimate of drug-likeness (QED) is 0.502. The van der Waals surface area contributed by atoms with Crippen LogP contribution in [-0.2, 0) is 26.2 Å². The fourth-order valence-electron chi connectivity index (χ4n) is 3.83. The molecule has 2 aromatic carbocycles. The Morgan fingerprint density at radius 2 is 1.60 bits per heavy atom. The van der Waals surface area contributed by atoms with E-state index < -0.39 is 21.6 Å². The van der Waals surface area contributed by atoms with Crippen LogP contribution in [0.25, 0.3) is 0 Å². The van der Waals surface area contributed by atoms with E-state index in [1.165, 1.54) is 11.4 Å². The molecule has 1 atom stereocenters. The summed E-state index contributed by atoms with van der Waals surface area (Å²) in [5, 5.41) is 3.00. The van der Waals surface area contributed by atoms with Crippen LogP contribution in [0.2, 0.25) is 0 Å². The van der Waals surface area contributed by atoms with Gasteiger partial charge in [-0.25, -0.2) is 12.7 Å². The largest absolute Gasteiger partial charge is 0.350 e. The highest BCUT2D eigenvalue weighted by atomic mass is 32.2. The van der Waals surface area contributed by atoms with Crippen molar-refractivity contribution in [3.63, 3.8) is 0 Å². The van der Waals surface area contributed by atoms with Gasteiger partial charge in [0.15, 0.2) is 0 Å². The zero-order valence-electron chi connectivity index (χ0n) is 21.7. The number of carbonyl (C=O) groups excluding carboxylic acids is 2. The molecule has 2 aromatic rings. The lowest BCUT2D eigenvalue weighted by Crippen LogP contribution is -2.53. The van der Waals surface area contributed by atoms with Crippen molar-refractivity contribution in [3.8, 4) is 0 Å². The van der Waals surface area contributed by atoms with Crippen molar-refractivity contribution >= 4 is 21.8 Å². The lowest BCUT2D eigenvalue weighted by Gasteiger charge is -2.33. The summed E-state index contributed by atoms with van der Waals surface area (Å²) in [7, 11) is -2.10. The minimum atomic E-state index is -3.62. The molecule has 8 heteroatoms. The van der Waals surface area contributed by atoms with E-state index in [0.29, 0.717) is 19.4 Å². The summed E-state index contributed by atoms with van der Waals surface area (Å²) in [4.78, 5) is 28.4. The molecule has 0 saturated heterocycles. The summed E-state index contributed by atoms with van der Waals surface area (Å²) >= 11 is 0. The average molecular weight is 502 g/mol. The summed E-state index contributed by atoms with van der Waals surface area (Å²) in [6.45, 7) is 10.1. The van der Waals surface area contributed by atoms with Crippen LogP contribution in [0.5, 0.6) is 0 Å². The maximum absolute atomic E-state index is 13.4. The monoisotopic (exact) mass is 501 g/mol. The van der Waals surface area contributed by atoms with E-state index in [-0.39, 0.29) is 29.7 Å². The normalized spacial score (nSPS) is 12.9. The Kier molecular flexibility index (Phi) is 10.0. The standard InChI is InChI=1S/C27H39N3O4S/c1-7-24(26(32)28-27(3,4)5)30(20-22-15-12-11-14-21(22)2)25(31)18-13-19-29(6)35(33,34)23-16-9-8-10-17-23/h8-12,14-17,24H,7,13,18-20H2,1-6H3,(H,28,32)/t24-/m0/s1. The van der Waals surface area contributed by atoms with Gasteiger partial charge in [0, 0.05) is 32.1 Å². The molecule has 2 amide bonds. The van der Waals surface area contributed by atoms with Crippen molar-refractivity contribution in [2.45, 2.75) is 76.9 Å². The molecule has 0 fully saturated rings. The van der Waals surface area contributed by atoms with Gasteiger partial charge in [0.05, 0.1) is 4.90 Å². The molecule has 35 heavy (non-hydrogen) atoms. The molecular weight excluding hydrogens is 462 g/mol. The number of aryl methyl sites for hydroxylation is 1. The number of amides is 2. The molecule has 192 valence electrons. The number of benzene rings is 2. The van der Waals surface area contributed by atoms with E-state index in [1.807, 2.05) is 58.9 Å². The number of nitrogens with one attached hydrogen (secondary N) is 1. The van der Waals surface area contributed by atoms with Crippen molar-refractivity contribution in [3.05, 3.63) is 65.7 Å². The maximum Gasteiger partial charge on any atom is 0.243 e. The Labute approximate surface area is 210 Å². The van der Waals surface area contributed by atoms with Gasteiger partial charge in [-0.1, -0.05) is 49.4 Å². The van der Waals surface area contributed by atoms with E-state index in [4.69, 9.17) is 0 Å². The van der Waals surface area contributed by atoms with E-state index in [2.05, 4.69) is 5.32 Å². The van der Waals surface area contributed by atoms with E-state index >= 15 is 0 Å². The molecule has 2 rings (SSSR count). The highest BCUT2D eigenvalue weighted by Crippen LogP contribution is 2.19. The van der Waals surface area contributed by atoms with Gasteiger partial charge in [-0.2, -0.15) is 0 Å². The molecule has 1 N–H and O–H groups in total. The van der Waals surface area contributed by atoms with Crippen LogP contribution in [0.3, 0.4) is 0 Å². The smallest absolute Gasteiger partial charge is 0.243 e. The summed E-state index contributed by atoms with van der Waals surface area (Å²) in [5.41, 5.74) is 1.60. The minimum absolute atomic E-state index is 0.139. The molecule has 0 aromatic heterocycles. The zero-order chi connectivity index (χ0) is 26.2. The number of rotatable bonds is 11. The number of sulfonamides is 1. The Morgan fingerprint density at radius 1 is 1.00 bits per heavy atom. The second-order valence-corrected chi connectivity index (χ2v) is 11.9. The van der Waals surface area contributed by atoms with Crippen LogP contribution in [-0.4, -0.2) is 54.6 Å². The molecule has 0 aliphatic carbocycles. The van der Waals surface area contributed by atoms with Gasteiger partial charge in [0.25, 0.3) is 0 Å². The minimum Gasteiger partial charge on any atom is -0.350 e. The lowest BCUT2D eigenvalue weighted by molar-refractivity contribution is -0.142. The molecule has 0 spiro atoms. The van der Waals surface area contributed by atoms with Crippen LogP contribution in [0, 0.1) is 6.92 Å². The van der Waals surface area contributed by atoms with E-state index in [9.17, 15) is 18.0 Å². The first-order chi connectivity index (χ1) is 16.4. The van der Waals surface area contributed by atoms with Crippen molar-refractivity contribution in [2.75, 3.05) is 13.6 Å². The average Bonchev–Trinajstić information content (AvgIpc) is 2.79. The Morgan fingerprint density at radius 3 is 2.17 bits per heavy atom. The first-order valence-electron chi connectivity index (χ1n) is 12.0. The van der Waals surface area contributed by atoms with Crippen LogP contribution in [0.1, 0.15) is 58.1 Å². The number of nitrogens with zero attached hydrogens (tertiary/aromatic N) is 2. The van der Waals surface area contributed by atoms with Crippen molar-refractivity contribution < 1.29 is 18.0 Å². The molecule has 0 aliphatic heterocycles. The molecule has 7 nitrogen and oxygen atoms in total. The summed E-state index contributed by atoms with van der Waals surface area (Å²) in [5.74, 6) is -0.361. The molecule has 0 unspecified atom stereocenters. The van der Waals surface area contributed by atoms with Crippen molar-refractivity contribution in [2.24, 2.45) is 0 Å². The van der Waals surface area contributed by atoms with Gasteiger partial charge < -0.3 is 10.2 Å². The van der Waals surface area contributed by atoms with Gasteiger partial charge in [-0.15, -0.1) is 0 Å². The third-order valence-corrected chi connectivity index (χ3v) is 7.67. The third-order valence-electron chi connectivity index (χ3n) is 5.80. The summed E-state index contributed by atoms with van der Waals surface area (Å²) in [6, 6.07) is 15.4. The zero-order valence-corrected chi connectivity index (χ0v) is 22.6. The molecular formula is C27H39N3O4S. The van der Waals surface area contributed by atoms with Crippen LogP contribution in [0.4, 0.5) is 0 Å². The summed E-state index contributed by atoms with van der Waals surface area (Å²) < 4.78 is 26.8. The van der Waals surface area contributed by atoms with Gasteiger partial charge in [0.2, 0.25) is 21.8 Å². The third kappa shape index (κ3) is 8.18. The second kappa shape index (κ2) is 12.3. The van der Waals surface area contributed by atoms with Gasteiger partial charge in [-0.05, 0) is 63.8 Å². The Bertz CT molecular complexity index is 1090. The fourth-order valence-corrected chi connectivity index (χ4v) is 5.06. The van der Waals surface area contributed by atoms with E-state index in [0.717, 1.165) is 11.1 Å². The lowest BCUT2D eigenvalue weighted by atomic mass is 10.0. The van der Waals surface area contributed by atoms with Crippen LogP contribution < -0.4 is 5.32 Å². The summed E-state index contributed by atoms with van der Waals surface area (Å²) in [6.07, 6.45) is 0.963. The van der Waals surface area contributed by atoms with Gasteiger partial charge in [0.1, 0.15) is 6.04 Å². The SMILES string of the molecule is CC[C@@H](C(=O)NC(C)(C)C)N(Cc1ccccc1C)C(=O)CCCN(C)S(=O)(=O)c1ccccc1. The Balaban J connectivity index is 2.17.